The molecule has 3 rings (SSSR count). The monoisotopic (exact) mass is 397 g/mol. The molecule has 1 aromatic rings. The average Bonchev–Trinajstić information content (AvgIpc) is 2.69. The van der Waals surface area contributed by atoms with Crippen LogP contribution in [0.2, 0.25) is 0 Å². The zero-order chi connectivity index (χ0) is 20.3. The van der Waals surface area contributed by atoms with Gasteiger partial charge in [0, 0.05) is 44.7 Å². The molecule has 2 aliphatic rings. The number of piperidine rings is 1. The van der Waals surface area contributed by atoms with Gasteiger partial charge in [-0.15, -0.1) is 0 Å². The van der Waals surface area contributed by atoms with Crippen molar-refractivity contribution >= 4 is 17.7 Å². The van der Waals surface area contributed by atoms with E-state index >= 15 is 0 Å². The minimum atomic E-state index is -4.44. The minimum Gasteiger partial charge on any atom is -0.338 e. The number of piperazine rings is 1. The van der Waals surface area contributed by atoms with Crippen molar-refractivity contribution in [3.05, 3.63) is 35.4 Å². The summed E-state index contributed by atoms with van der Waals surface area (Å²) < 4.78 is 37.9. The standard InChI is InChI=1S/C19H22F3N3O3/c20-19(21,22)15-6-4-14(5-7-15)18(28)24-11-9-23(10-12-24)17(27)13-25-8-2-1-3-16(25)26/h4-7H,1-3,8-13H2. The summed E-state index contributed by atoms with van der Waals surface area (Å²) in [6.07, 6.45) is -2.21. The molecular formula is C19H22F3N3O3. The molecule has 0 atom stereocenters. The zero-order valence-corrected chi connectivity index (χ0v) is 15.4. The summed E-state index contributed by atoms with van der Waals surface area (Å²) in [5, 5.41) is 0. The lowest BCUT2D eigenvalue weighted by molar-refractivity contribution is -0.142. The van der Waals surface area contributed by atoms with Crippen LogP contribution in [0.3, 0.4) is 0 Å². The Labute approximate surface area is 160 Å². The van der Waals surface area contributed by atoms with Gasteiger partial charge >= 0.3 is 6.18 Å². The normalized spacial score (nSPS) is 18.4. The minimum absolute atomic E-state index is 0.00397. The maximum Gasteiger partial charge on any atom is 0.416 e. The van der Waals surface area contributed by atoms with E-state index in [1.807, 2.05) is 0 Å². The van der Waals surface area contributed by atoms with Crippen LogP contribution in [-0.4, -0.2) is 71.7 Å². The Morgan fingerprint density at radius 1 is 0.893 bits per heavy atom. The number of benzene rings is 1. The number of nitrogens with zero attached hydrogens (tertiary/aromatic N) is 3. The van der Waals surface area contributed by atoms with E-state index < -0.39 is 11.7 Å². The van der Waals surface area contributed by atoms with Gasteiger partial charge in [-0.25, -0.2) is 0 Å². The molecule has 9 heteroatoms. The van der Waals surface area contributed by atoms with E-state index in [0.717, 1.165) is 25.0 Å². The van der Waals surface area contributed by atoms with Gasteiger partial charge in [-0.05, 0) is 37.1 Å². The largest absolute Gasteiger partial charge is 0.416 e. The van der Waals surface area contributed by atoms with Crippen molar-refractivity contribution in [1.29, 1.82) is 0 Å². The second kappa shape index (κ2) is 8.20. The number of halogens is 3. The van der Waals surface area contributed by atoms with Crippen LogP contribution in [0.1, 0.15) is 35.2 Å². The number of amides is 3. The lowest BCUT2D eigenvalue weighted by Crippen LogP contribution is -2.53. The second-order valence-electron chi connectivity index (χ2n) is 7.02. The summed E-state index contributed by atoms with van der Waals surface area (Å²) in [5.74, 6) is -0.500. The van der Waals surface area contributed by atoms with Crippen LogP contribution >= 0.6 is 0 Å². The van der Waals surface area contributed by atoms with Crippen LogP contribution in [0, 0.1) is 0 Å². The summed E-state index contributed by atoms with van der Waals surface area (Å²) in [4.78, 5) is 41.5. The van der Waals surface area contributed by atoms with Crippen LogP contribution < -0.4 is 0 Å². The van der Waals surface area contributed by atoms with E-state index in [2.05, 4.69) is 0 Å². The first-order valence-electron chi connectivity index (χ1n) is 9.28. The van der Waals surface area contributed by atoms with E-state index in [4.69, 9.17) is 0 Å². The lowest BCUT2D eigenvalue weighted by atomic mass is 10.1. The van der Waals surface area contributed by atoms with Gasteiger partial charge in [0.1, 0.15) is 0 Å². The molecule has 1 aromatic carbocycles. The molecule has 28 heavy (non-hydrogen) atoms. The molecular weight excluding hydrogens is 375 g/mol. The number of hydrogen-bond donors (Lipinski definition) is 0. The first-order chi connectivity index (χ1) is 13.3. The Hall–Kier alpha value is -2.58. The molecule has 2 saturated heterocycles. The van der Waals surface area contributed by atoms with E-state index in [0.29, 0.717) is 39.1 Å². The predicted molar refractivity (Wildman–Crippen MR) is 94.4 cm³/mol. The maximum absolute atomic E-state index is 12.6. The Balaban J connectivity index is 1.52. The highest BCUT2D eigenvalue weighted by molar-refractivity contribution is 5.94. The van der Waals surface area contributed by atoms with Gasteiger partial charge in [0.2, 0.25) is 11.8 Å². The molecule has 0 saturated carbocycles. The third-order valence-electron chi connectivity index (χ3n) is 5.13. The Morgan fingerprint density at radius 2 is 1.50 bits per heavy atom. The number of likely N-dealkylation sites (tertiary alicyclic amines) is 1. The summed E-state index contributed by atoms with van der Waals surface area (Å²) in [7, 11) is 0. The van der Waals surface area contributed by atoms with Gasteiger partial charge in [-0.1, -0.05) is 0 Å². The summed E-state index contributed by atoms with van der Waals surface area (Å²) in [6, 6.07) is 4.13. The topological polar surface area (TPSA) is 60.9 Å². The van der Waals surface area contributed by atoms with Crippen LogP contribution in [0.5, 0.6) is 0 Å². The molecule has 3 amide bonds. The molecule has 0 radical (unpaired) electrons. The van der Waals surface area contributed by atoms with Crippen molar-refractivity contribution in [2.75, 3.05) is 39.3 Å². The van der Waals surface area contributed by atoms with Crippen molar-refractivity contribution in [3.8, 4) is 0 Å². The highest BCUT2D eigenvalue weighted by Crippen LogP contribution is 2.29. The molecule has 0 unspecified atom stereocenters. The van der Waals surface area contributed by atoms with Gasteiger partial charge in [0.25, 0.3) is 5.91 Å². The van der Waals surface area contributed by atoms with E-state index in [1.54, 1.807) is 9.80 Å². The Kier molecular flexibility index (Phi) is 5.90. The van der Waals surface area contributed by atoms with Crippen LogP contribution in [-0.2, 0) is 15.8 Å². The fourth-order valence-corrected chi connectivity index (χ4v) is 3.44. The smallest absolute Gasteiger partial charge is 0.338 e. The van der Waals surface area contributed by atoms with Gasteiger partial charge in [0.05, 0.1) is 12.1 Å². The number of carbonyl (C=O) groups is 3. The molecule has 0 aliphatic carbocycles. The summed E-state index contributed by atoms with van der Waals surface area (Å²) in [5.41, 5.74) is -0.613. The van der Waals surface area contributed by atoms with Crippen molar-refractivity contribution in [2.45, 2.75) is 25.4 Å². The first kappa shape index (κ1) is 20.2. The molecule has 2 heterocycles. The quantitative estimate of drug-likeness (QED) is 0.784. The van der Waals surface area contributed by atoms with Gasteiger partial charge in [0.15, 0.2) is 0 Å². The number of rotatable bonds is 3. The molecule has 2 fully saturated rings. The van der Waals surface area contributed by atoms with E-state index in [9.17, 15) is 27.6 Å². The van der Waals surface area contributed by atoms with Gasteiger partial charge in [-0.2, -0.15) is 13.2 Å². The molecule has 0 bridgehead atoms. The van der Waals surface area contributed by atoms with Gasteiger partial charge < -0.3 is 14.7 Å². The molecule has 0 aromatic heterocycles. The highest BCUT2D eigenvalue weighted by atomic mass is 19.4. The molecule has 2 aliphatic heterocycles. The fourth-order valence-electron chi connectivity index (χ4n) is 3.44. The van der Waals surface area contributed by atoms with Crippen LogP contribution in [0.25, 0.3) is 0 Å². The van der Waals surface area contributed by atoms with Crippen molar-refractivity contribution in [3.63, 3.8) is 0 Å². The Morgan fingerprint density at radius 3 is 2.07 bits per heavy atom. The first-order valence-corrected chi connectivity index (χ1v) is 9.28. The van der Waals surface area contributed by atoms with Crippen molar-refractivity contribution in [1.82, 2.24) is 14.7 Å². The second-order valence-corrected chi connectivity index (χ2v) is 7.02. The number of hydrogen-bond acceptors (Lipinski definition) is 3. The maximum atomic E-state index is 12.6. The van der Waals surface area contributed by atoms with E-state index in [-0.39, 0.29) is 29.8 Å². The highest BCUT2D eigenvalue weighted by Gasteiger charge is 2.31. The van der Waals surface area contributed by atoms with Crippen molar-refractivity contribution < 1.29 is 27.6 Å². The third-order valence-corrected chi connectivity index (χ3v) is 5.13. The van der Waals surface area contributed by atoms with E-state index in [1.165, 1.54) is 17.0 Å². The van der Waals surface area contributed by atoms with Crippen LogP contribution in [0.4, 0.5) is 13.2 Å². The lowest BCUT2D eigenvalue weighted by Gasteiger charge is -2.36. The zero-order valence-electron chi connectivity index (χ0n) is 15.4. The average molecular weight is 397 g/mol. The van der Waals surface area contributed by atoms with Crippen LogP contribution in [0.15, 0.2) is 24.3 Å². The summed E-state index contributed by atoms with van der Waals surface area (Å²) in [6.45, 7) is 1.95. The molecule has 0 N–H and O–H groups in total. The van der Waals surface area contributed by atoms with Gasteiger partial charge in [-0.3, -0.25) is 14.4 Å². The fraction of sp³-hybridized carbons (Fsp3) is 0.526. The van der Waals surface area contributed by atoms with Crippen molar-refractivity contribution in [2.24, 2.45) is 0 Å². The Bertz CT molecular complexity index is 741. The molecule has 152 valence electrons. The number of alkyl halides is 3. The predicted octanol–water partition coefficient (Wildman–Crippen LogP) is 2.00. The number of carbonyl (C=O) groups excluding carboxylic acids is 3. The molecule has 6 nitrogen and oxygen atoms in total. The third kappa shape index (κ3) is 4.63. The summed E-state index contributed by atoms with van der Waals surface area (Å²) >= 11 is 0. The molecule has 0 spiro atoms. The SMILES string of the molecule is O=C(CN1CCCCC1=O)N1CCN(C(=O)c2ccc(C(F)(F)F)cc2)CC1.